The molecule has 1 atom stereocenters. The van der Waals surface area contributed by atoms with E-state index in [1.54, 1.807) is 6.20 Å². The number of benzene rings is 1. The molecule has 0 aliphatic carbocycles. The number of pyridine rings is 1. The second kappa shape index (κ2) is 7.45. The molecule has 1 aromatic carbocycles. The fraction of sp³-hybridized carbons (Fsp3) is 0.294. The molecule has 22 heavy (non-hydrogen) atoms. The monoisotopic (exact) mass is 298 g/mol. The molecule has 5 nitrogen and oxygen atoms in total. The molecule has 0 fully saturated rings. The predicted octanol–water partition coefficient (Wildman–Crippen LogP) is 2.71. The summed E-state index contributed by atoms with van der Waals surface area (Å²) in [6.45, 7) is 2.43. The van der Waals surface area contributed by atoms with E-state index in [4.69, 9.17) is 0 Å². The van der Waals surface area contributed by atoms with Gasteiger partial charge in [0.1, 0.15) is 5.82 Å². The van der Waals surface area contributed by atoms with Crippen LogP contribution in [0.2, 0.25) is 0 Å². The Labute approximate surface area is 131 Å². The lowest BCUT2D eigenvalue weighted by Gasteiger charge is -2.16. The van der Waals surface area contributed by atoms with Gasteiger partial charge >= 0.3 is 6.03 Å². The largest absolute Gasteiger partial charge is 0.363 e. The molecule has 0 bridgehead atoms. The summed E-state index contributed by atoms with van der Waals surface area (Å²) >= 11 is 0. The summed E-state index contributed by atoms with van der Waals surface area (Å²) in [7, 11) is 3.88. The van der Waals surface area contributed by atoms with Gasteiger partial charge in [0.2, 0.25) is 0 Å². The molecule has 2 aromatic rings. The van der Waals surface area contributed by atoms with Crippen LogP contribution in [0.4, 0.5) is 10.6 Å². The number of nitrogens with zero attached hydrogens (tertiary/aromatic N) is 2. The van der Waals surface area contributed by atoms with E-state index < -0.39 is 0 Å². The van der Waals surface area contributed by atoms with Crippen molar-refractivity contribution in [2.45, 2.75) is 19.5 Å². The number of nitrogens with one attached hydrogen (secondary N) is 2. The summed E-state index contributed by atoms with van der Waals surface area (Å²) in [6, 6.07) is 13.5. The third-order valence-corrected chi connectivity index (χ3v) is 3.37. The standard InChI is InChI=1S/C17H22N4O/c1-13(15-7-5-4-6-8-15)20-17(22)19-12-14-9-10-18-16(11-14)21(2)3/h4-11,13H,12H2,1-3H3,(H2,19,20,22). The van der Waals surface area contributed by atoms with Crippen LogP contribution in [-0.2, 0) is 6.54 Å². The molecule has 0 aliphatic heterocycles. The quantitative estimate of drug-likeness (QED) is 0.892. The zero-order chi connectivity index (χ0) is 15.9. The van der Waals surface area contributed by atoms with E-state index in [0.717, 1.165) is 16.9 Å². The third kappa shape index (κ3) is 4.48. The number of carbonyl (C=O) groups is 1. The molecule has 116 valence electrons. The van der Waals surface area contributed by atoms with Crippen molar-refractivity contribution in [1.82, 2.24) is 15.6 Å². The Balaban J connectivity index is 1.86. The van der Waals surface area contributed by atoms with Gasteiger partial charge in [-0.2, -0.15) is 0 Å². The zero-order valence-corrected chi connectivity index (χ0v) is 13.2. The zero-order valence-electron chi connectivity index (χ0n) is 13.2. The molecule has 0 aliphatic rings. The van der Waals surface area contributed by atoms with Gasteiger partial charge in [-0.1, -0.05) is 30.3 Å². The van der Waals surface area contributed by atoms with E-state index in [-0.39, 0.29) is 12.1 Å². The Kier molecular flexibility index (Phi) is 5.36. The first-order chi connectivity index (χ1) is 10.6. The number of anilines is 1. The Morgan fingerprint density at radius 3 is 2.64 bits per heavy atom. The highest BCUT2D eigenvalue weighted by Gasteiger charge is 2.08. The van der Waals surface area contributed by atoms with Crippen LogP contribution >= 0.6 is 0 Å². The number of amides is 2. The Hall–Kier alpha value is -2.56. The molecule has 0 saturated heterocycles. The second-order valence-electron chi connectivity index (χ2n) is 5.38. The fourth-order valence-electron chi connectivity index (χ4n) is 2.07. The van der Waals surface area contributed by atoms with Crippen molar-refractivity contribution in [3.63, 3.8) is 0 Å². The van der Waals surface area contributed by atoms with E-state index in [0.29, 0.717) is 6.54 Å². The normalized spacial score (nSPS) is 11.6. The number of aromatic nitrogens is 1. The first-order valence-electron chi connectivity index (χ1n) is 7.28. The summed E-state index contributed by atoms with van der Waals surface area (Å²) in [5.41, 5.74) is 2.10. The van der Waals surface area contributed by atoms with E-state index in [2.05, 4.69) is 15.6 Å². The molecule has 0 radical (unpaired) electrons. The number of urea groups is 1. The summed E-state index contributed by atoms with van der Waals surface area (Å²) in [4.78, 5) is 18.2. The average Bonchev–Trinajstić information content (AvgIpc) is 2.54. The smallest absolute Gasteiger partial charge is 0.315 e. The average molecular weight is 298 g/mol. The fourth-order valence-corrected chi connectivity index (χ4v) is 2.07. The SMILES string of the molecule is CC(NC(=O)NCc1ccnc(N(C)C)c1)c1ccccc1. The maximum atomic E-state index is 12.0. The molecule has 2 rings (SSSR count). The predicted molar refractivity (Wildman–Crippen MR) is 88.8 cm³/mol. The van der Waals surface area contributed by atoms with Gasteiger partial charge < -0.3 is 15.5 Å². The molecule has 0 saturated carbocycles. The maximum Gasteiger partial charge on any atom is 0.315 e. The minimum absolute atomic E-state index is 0.0315. The van der Waals surface area contributed by atoms with Crippen LogP contribution in [0.1, 0.15) is 24.1 Å². The van der Waals surface area contributed by atoms with Gasteiger partial charge in [-0.15, -0.1) is 0 Å². The Morgan fingerprint density at radius 2 is 1.95 bits per heavy atom. The Morgan fingerprint density at radius 1 is 1.23 bits per heavy atom. The highest BCUT2D eigenvalue weighted by molar-refractivity contribution is 5.74. The van der Waals surface area contributed by atoms with Crippen LogP contribution in [-0.4, -0.2) is 25.1 Å². The summed E-state index contributed by atoms with van der Waals surface area (Å²) in [5.74, 6) is 0.873. The molecule has 2 N–H and O–H groups in total. The summed E-state index contributed by atoms with van der Waals surface area (Å²) < 4.78 is 0. The lowest BCUT2D eigenvalue weighted by atomic mass is 10.1. The minimum Gasteiger partial charge on any atom is -0.363 e. The molecule has 2 amide bonds. The van der Waals surface area contributed by atoms with Crippen LogP contribution < -0.4 is 15.5 Å². The molecule has 0 spiro atoms. The van der Waals surface area contributed by atoms with Crippen molar-refractivity contribution in [2.75, 3.05) is 19.0 Å². The van der Waals surface area contributed by atoms with Crippen molar-refractivity contribution in [3.05, 3.63) is 59.8 Å². The van der Waals surface area contributed by atoms with Crippen LogP contribution in [0.3, 0.4) is 0 Å². The minimum atomic E-state index is -0.181. The lowest BCUT2D eigenvalue weighted by molar-refractivity contribution is 0.237. The first-order valence-corrected chi connectivity index (χ1v) is 7.28. The lowest BCUT2D eigenvalue weighted by Crippen LogP contribution is -2.36. The highest BCUT2D eigenvalue weighted by Crippen LogP contribution is 2.11. The van der Waals surface area contributed by atoms with Crippen molar-refractivity contribution < 1.29 is 4.79 Å². The van der Waals surface area contributed by atoms with E-state index >= 15 is 0 Å². The van der Waals surface area contributed by atoms with Crippen molar-refractivity contribution in [2.24, 2.45) is 0 Å². The van der Waals surface area contributed by atoms with E-state index in [1.807, 2.05) is 68.4 Å². The first kappa shape index (κ1) is 15.8. The highest BCUT2D eigenvalue weighted by atomic mass is 16.2. The van der Waals surface area contributed by atoms with Gasteiger partial charge in [0.05, 0.1) is 6.04 Å². The van der Waals surface area contributed by atoms with Crippen molar-refractivity contribution in [3.8, 4) is 0 Å². The van der Waals surface area contributed by atoms with Crippen molar-refractivity contribution >= 4 is 11.8 Å². The van der Waals surface area contributed by atoms with Gasteiger partial charge in [0, 0.05) is 26.8 Å². The number of hydrogen-bond donors (Lipinski definition) is 2. The molecule has 5 heteroatoms. The van der Waals surface area contributed by atoms with Gasteiger partial charge in [0.25, 0.3) is 0 Å². The van der Waals surface area contributed by atoms with Crippen LogP contribution in [0.15, 0.2) is 48.7 Å². The van der Waals surface area contributed by atoms with Crippen LogP contribution in [0.5, 0.6) is 0 Å². The van der Waals surface area contributed by atoms with Gasteiger partial charge in [-0.25, -0.2) is 9.78 Å². The van der Waals surface area contributed by atoms with E-state index in [9.17, 15) is 4.79 Å². The number of rotatable bonds is 5. The number of carbonyl (C=O) groups excluding carboxylic acids is 1. The summed E-state index contributed by atoms with van der Waals surface area (Å²) in [5, 5.41) is 5.80. The molecular weight excluding hydrogens is 276 g/mol. The molecule has 1 aromatic heterocycles. The van der Waals surface area contributed by atoms with Crippen LogP contribution in [0.25, 0.3) is 0 Å². The Bertz CT molecular complexity index is 613. The summed E-state index contributed by atoms with van der Waals surface area (Å²) in [6.07, 6.45) is 1.75. The van der Waals surface area contributed by atoms with Gasteiger partial charge in [0.15, 0.2) is 0 Å². The van der Waals surface area contributed by atoms with Crippen molar-refractivity contribution in [1.29, 1.82) is 0 Å². The third-order valence-electron chi connectivity index (χ3n) is 3.37. The van der Waals surface area contributed by atoms with E-state index in [1.165, 1.54) is 0 Å². The molecular formula is C17H22N4O. The number of hydrogen-bond acceptors (Lipinski definition) is 3. The van der Waals surface area contributed by atoms with Gasteiger partial charge in [-0.3, -0.25) is 0 Å². The maximum absolute atomic E-state index is 12.0. The van der Waals surface area contributed by atoms with Crippen LogP contribution in [0, 0.1) is 0 Å². The topological polar surface area (TPSA) is 57.3 Å². The van der Waals surface area contributed by atoms with Gasteiger partial charge in [-0.05, 0) is 30.2 Å². The molecule has 1 heterocycles. The second-order valence-corrected chi connectivity index (χ2v) is 5.38. The molecule has 1 unspecified atom stereocenters.